The van der Waals surface area contributed by atoms with Crippen molar-refractivity contribution in [1.29, 1.82) is 0 Å². The van der Waals surface area contributed by atoms with Crippen LogP contribution in [0.3, 0.4) is 0 Å². The number of rotatable bonds is 2. The van der Waals surface area contributed by atoms with Crippen LogP contribution in [0.25, 0.3) is 5.65 Å². The predicted octanol–water partition coefficient (Wildman–Crippen LogP) is 1.85. The topological polar surface area (TPSA) is 50.2 Å². The Bertz CT molecular complexity index is 577. The fraction of sp³-hybridized carbons (Fsp3) is 0.500. The lowest BCUT2D eigenvalue weighted by Gasteiger charge is -2.22. The summed E-state index contributed by atoms with van der Waals surface area (Å²) in [6.45, 7) is 2.05. The number of aromatic amines is 1. The van der Waals surface area contributed by atoms with E-state index in [-0.39, 0.29) is 5.56 Å². The lowest BCUT2D eigenvalue weighted by atomic mass is 9.85. The number of pyridine rings is 1. The SMILES string of the molecule is CCc1cc(=O)n2[nH]c(C3CCC3)nc2c1. The first-order valence-corrected chi connectivity index (χ1v) is 5.89. The van der Waals surface area contributed by atoms with Crippen LogP contribution in [0.4, 0.5) is 0 Å². The van der Waals surface area contributed by atoms with Crippen LogP contribution < -0.4 is 5.56 Å². The summed E-state index contributed by atoms with van der Waals surface area (Å²) in [7, 11) is 0. The maximum Gasteiger partial charge on any atom is 0.271 e. The molecule has 2 heterocycles. The van der Waals surface area contributed by atoms with Crippen LogP contribution in [0, 0.1) is 0 Å². The van der Waals surface area contributed by atoms with Gasteiger partial charge in [-0.15, -0.1) is 0 Å². The summed E-state index contributed by atoms with van der Waals surface area (Å²) in [6.07, 6.45) is 4.53. The third-order valence-electron chi connectivity index (χ3n) is 3.43. The van der Waals surface area contributed by atoms with Crippen molar-refractivity contribution in [3.8, 4) is 0 Å². The Balaban J connectivity index is 2.15. The summed E-state index contributed by atoms with van der Waals surface area (Å²) in [6, 6.07) is 3.66. The van der Waals surface area contributed by atoms with E-state index in [2.05, 4.69) is 10.1 Å². The monoisotopic (exact) mass is 217 g/mol. The molecule has 0 saturated heterocycles. The van der Waals surface area contributed by atoms with E-state index in [1.165, 1.54) is 19.3 Å². The van der Waals surface area contributed by atoms with E-state index in [1.54, 1.807) is 10.6 Å². The number of hydrogen-bond donors (Lipinski definition) is 1. The van der Waals surface area contributed by atoms with Gasteiger partial charge in [0.05, 0.1) is 0 Å². The van der Waals surface area contributed by atoms with E-state index in [1.807, 2.05) is 13.0 Å². The van der Waals surface area contributed by atoms with E-state index >= 15 is 0 Å². The highest BCUT2D eigenvalue weighted by atomic mass is 16.1. The van der Waals surface area contributed by atoms with Gasteiger partial charge in [0, 0.05) is 12.0 Å². The lowest BCUT2D eigenvalue weighted by Crippen LogP contribution is -2.15. The third-order valence-corrected chi connectivity index (χ3v) is 3.43. The molecule has 2 aromatic heterocycles. The molecule has 0 bridgehead atoms. The molecule has 0 aliphatic heterocycles. The lowest BCUT2D eigenvalue weighted by molar-refractivity contribution is 0.401. The molecular weight excluding hydrogens is 202 g/mol. The molecule has 0 atom stereocenters. The first-order chi connectivity index (χ1) is 7.78. The quantitative estimate of drug-likeness (QED) is 0.834. The van der Waals surface area contributed by atoms with Crippen LogP contribution in [0.5, 0.6) is 0 Å². The molecule has 1 aliphatic carbocycles. The van der Waals surface area contributed by atoms with Crippen molar-refractivity contribution in [3.05, 3.63) is 33.9 Å². The molecule has 16 heavy (non-hydrogen) atoms. The van der Waals surface area contributed by atoms with E-state index in [0.29, 0.717) is 5.92 Å². The maximum atomic E-state index is 11.8. The van der Waals surface area contributed by atoms with E-state index in [9.17, 15) is 4.79 Å². The van der Waals surface area contributed by atoms with Gasteiger partial charge in [-0.25, -0.2) is 9.50 Å². The summed E-state index contributed by atoms with van der Waals surface area (Å²) in [5.41, 5.74) is 1.80. The highest BCUT2D eigenvalue weighted by Crippen LogP contribution is 2.34. The van der Waals surface area contributed by atoms with Crippen LogP contribution in [-0.2, 0) is 6.42 Å². The van der Waals surface area contributed by atoms with Gasteiger partial charge < -0.3 is 0 Å². The molecular formula is C12H15N3O. The van der Waals surface area contributed by atoms with E-state index in [4.69, 9.17) is 0 Å². The Kier molecular flexibility index (Phi) is 2.09. The van der Waals surface area contributed by atoms with Gasteiger partial charge in [0.15, 0.2) is 5.65 Å². The standard InChI is InChI=1S/C12H15N3O/c1-2-8-6-10-13-12(9-4-3-5-9)14-15(10)11(16)7-8/h6-7,9H,2-5H2,1H3,(H,13,14). The number of aromatic nitrogens is 3. The highest BCUT2D eigenvalue weighted by Gasteiger charge is 2.23. The van der Waals surface area contributed by atoms with Gasteiger partial charge in [-0.05, 0) is 30.9 Å². The number of fused-ring (bicyclic) bond motifs is 1. The Hall–Kier alpha value is -1.58. The van der Waals surface area contributed by atoms with Crippen molar-refractivity contribution in [2.24, 2.45) is 0 Å². The molecule has 1 aliphatic rings. The van der Waals surface area contributed by atoms with Crippen LogP contribution in [0.15, 0.2) is 16.9 Å². The summed E-state index contributed by atoms with van der Waals surface area (Å²) in [5, 5.41) is 3.11. The summed E-state index contributed by atoms with van der Waals surface area (Å²) in [4.78, 5) is 16.3. The van der Waals surface area contributed by atoms with Gasteiger partial charge in [0.1, 0.15) is 5.82 Å². The Labute approximate surface area is 93.3 Å². The zero-order chi connectivity index (χ0) is 11.1. The zero-order valence-electron chi connectivity index (χ0n) is 9.36. The van der Waals surface area contributed by atoms with Crippen LogP contribution >= 0.6 is 0 Å². The molecule has 1 saturated carbocycles. The average Bonchev–Trinajstić information content (AvgIpc) is 2.58. The number of nitrogens with zero attached hydrogens (tertiary/aromatic N) is 2. The fourth-order valence-electron chi connectivity index (χ4n) is 2.13. The fourth-order valence-corrected chi connectivity index (χ4v) is 2.13. The van der Waals surface area contributed by atoms with Crippen molar-refractivity contribution in [3.63, 3.8) is 0 Å². The second kappa shape index (κ2) is 3.47. The molecule has 3 rings (SSSR count). The normalized spacial score (nSPS) is 16.6. The molecule has 0 spiro atoms. The summed E-state index contributed by atoms with van der Waals surface area (Å²) in [5.74, 6) is 1.50. The van der Waals surface area contributed by atoms with Crippen LogP contribution in [0.1, 0.15) is 43.5 Å². The van der Waals surface area contributed by atoms with E-state index in [0.717, 1.165) is 23.5 Å². The van der Waals surface area contributed by atoms with Crippen molar-refractivity contribution >= 4 is 5.65 Å². The van der Waals surface area contributed by atoms with Crippen LogP contribution in [0.2, 0.25) is 0 Å². The summed E-state index contributed by atoms with van der Waals surface area (Å²) < 4.78 is 1.55. The first kappa shape index (κ1) is 9.63. The Morgan fingerprint density at radius 2 is 2.31 bits per heavy atom. The van der Waals surface area contributed by atoms with Crippen molar-refractivity contribution < 1.29 is 0 Å². The summed E-state index contributed by atoms with van der Waals surface area (Å²) >= 11 is 0. The zero-order valence-corrected chi connectivity index (χ0v) is 9.36. The average molecular weight is 217 g/mol. The van der Waals surface area contributed by atoms with Gasteiger partial charge in [-0.1, -0.05) is 13.3 Å². The molecule has 0 amide bonds. The minimum absolute atomic E-state index is 0.00702. The number of aryl methyl sites for hydroxylation is 1. The Morgan fingerprint density at radius 1 is 1.50 bits per heavy atom. The smallest absolute Gasteiger partial charge is 0.271 e. The molecule has 4 heteroatoms. The predicted molar refractivity (Wildman–Crippen MR) is 61.8 cm³/mol. The minimum atomic E-state index is -0.00702. The van der Waals surface area contributed by atoms with Gasteiger partial charge in [-0.2, -0.15) is 0 Å². The number of hydrogen-bond acceptors (Lipinski definition) is 2. The van der Waals surface area contributed by atoms with Crippen molar-refractivity contribution in [2.75, 3.05) is 0 Å². The molecule has 1 N–H and O–H groups in total. The van der Waals surface area contributed by atoms with E-state index < -0.39 is 0 Å². The Morgan fingerprint density at radius 3 is 2.94 bits per heavy atom. The molecule has 0 aromatic carbocycles. The highest BCUT2D eigenvalue weighted by molar-refractivity contribution is 5.41. The molecule has 0 radical (unpaired) electrons. The van der Waals surface area contributed by atoms with Crippen LogP contribution in [-0.4, -0.2) is 14.6 Å². The molecule has 0 unspecified atom stereocenters. The minimum Gasteiger partial charge on any atom is -0.276 e. The first-order valence-electron chi connectivity index (χ1n) is 5.89. The molecule has 2 aromatic rings. The molecule has 4 nitrogen and oxygen atoms in total. The maximum absolute atomic E-state index is 11.8. The van der Waals surface area contributed by atoms with Gasteiger partial charge in [0.2, 0.25) is 0 Å². The third kappa shape index (κ3) is 1.37. The largest absolute Gasteiger partial charge is 0.276 e. The number of H-pyrrole nitrogens is 1. The van der Waals surface area contributed by atoms with Crippen molar-refractivity contribution in [1.82, 2.24) is 14.6 Å². The molecule has 84 valence electrons. The molecule has 1 fully saturated rings. The van der Waals surface area contributed by atoms with Crippen molar-refractivity contribution in [2.45, 2.75) is 38.5 Å². The second-order valence-electron chi connectivity index (χ2n) is 4.49. The second-order valence-corrected chi connectivity index (χ2v) is 4.49. The van der Waals surface area contributed by atoms with Gasteiger partial charge >= 0.3 is 0 Å². The van der Waals surface area contributed by atoms with Gasteiger partial charge in [0.25, 0.3) is 5.56 Å². The van der Waals surface area contributed by atoms with Gasteiger partial charge in [-0.3, -0.25) is 9.89 Å². The number of nitrogens with one attached hydrogen (secondary N) is 1.